The van der Waals surface area contributed by atoms with Crippen molar-refractivity contribution in [1.82, 2.24) is 9.88 Å². The van der Waals surface area contributed by atoms with Crippen LogP contribution < -0.4 is 5.32 Å². The minimum Gasteiger partial charge on any atom is -0.392 e. The van der Waals surface area contributed by atoms with Crippen LogP contribution in [-0.4, -0.2) is 21.6 Å². The predicted molar refractivity (Wildman–Crippen MR) is 58.3 cm³/mol. The van der Waals surface area contributed by atoms with E-state index < -0.39 is 0 Å². The van der Waals surface area contributed by atoms with E-state index >= 15 is 0 Å². The second-order valence-electron chi connectivity index (χ2n) is 3.89. The van der Waals surface area contributed by atoms with Crippen LogP contribution in [0, 0.1) is 0 Å². The first-order chi connectivity index (χ1) is 7.11. The zero-order valence-corrected chi connectivity index (χ0v) is 9.23. The van der Waals surface area contributed by atoms with Crippen LogP contribution in [0.25, 0.3) is 0 Å². The van der Waals surface area contributed by atoms with E-state index in [1.807, 2.05) is 36.9 Å². The van der Waals surface area contributed by atoms with Gasteiger partial charge in [0.05, 0.1) is 6.61 Å². The molecule has 0 aliphatic rings. The van der Waals surface area contributed by atoms with E-state index in [1.165, 1.54) is 0 Å². The lowest BCUT2D eigenvalue weighted by molar-refractivity contribution is -0.121. The van der Waals surface area contributed by atoms with Crippen molar-refractivity contribution in [3.05, 3.63) is 24.0 Å². The maximum absolute atomic E-state index is 11.3. The Morgan fingerprint density at radius 3 is 2.87 bits per heavy atom. The summed E-state index contributed by atoms with van der Waals surface area (Å²) in [7, 11) is 0. The van der Waals surface area contributed by atoms with Gasteiger partial charge in [0, 0.05) is 31.4 Å². The summed E-state index contributed by atoms with van der Waals surface area (Å²) in [6.07, 6.45) is 4.19. The lowest BCUT2D eigenvalue weighted by Crippen LogP contribution is -2.30. The van der Waals surface area contributed by atoms with Gasteiger partial charge in [0.15, 0.2) is 0 Å². The average Bonchev–Trinajstić information content (AvgIpc) is 2.61. The van der Waals surface area contributed by atoms with Crippen LogP contribution in [0.3, 0.4) is 0 Å². The van der Waals surface area contributed by atoms with Gasteiger partial charge >= 0.3 is 0 Å². The lowest BCUT2D eigenvalue weighted by atomic mass is 10.3. The molecule has 2 N–H and O–H groups in total. The molecule has 0 atom stereocenters. The molecule has 1 aromatic heterocycles. The maximum atomic E-state index is 11.3. The lowest BCUT2D eigenvalue weighted by Gasteiger charge is -2.08. The van der Waals surface area contributed by atoms with Crippen LogP contribution in [0.2, 0.25) is 0 Å². The first-order valence-electron chi connectivity index (χ1n) is 5.16. The summed E-state index contributed by atoms with van der Waals surface area (Å²) in [5.41, 5.74) is 0.874. The summed E-state index contributed by atoms with van der Waals surface area (Å²) < 4.78 is 1.91. The average molecular weight is 210 g/mol. The second-order valence-corrected chi connectivity index (χ2v) is 3.89. The van der Waals surface area contributed by atoms with Crippen molar-refractivity contribution in [2.24, 2.45) is 0 Å². The standard InChI is InChI=1S/C11H18N2O2/c1-9(2)12-11(15)4-6-13-5-3-10(7-13)8-14/h3,5,7,9,14H,4,6,8H2,1-2H3,(H,12,15). The fourth-order valence-corrected chi connectivity index (χ4v) is 1.35. The number of aliphatic hydroxyl groups excluding tert-OH is 1. The zero-order chi connectivity index (χ0) is 11.3. The van der Waals surface area contributed by atoms with E-state index in [0.29, 0.717) is 13.0 Å². The Labute approximate surface area is 89.9 Å². The van der Waals surface area contributed by atoms with E-state index in [2.05, 4.69) is 5.32 Å². The Morgan fingerprint density at radius 1 is 1.60 bits per heavy atom. The summed E-state index contributed by atoms with van der Waals surface area (Å²) in [5.74, 6) is 0.0595. The van der Waals surface area contributed by atoms with Gasteiger partial charge in [0.1, 0.15) is 0 Å². The van der Waals surface area contributed by atoms with Gasteiger partial charge in [-0.15, -0.1) is 0 Å². The Kier molecular flexibility index (Phi) is 4.37. The van der Waals surface area contributed by atoms with Gasteiger partial charge in [-0.05, 0) is 25.5 Å². The summed E-state index contributed by atoms with van der Waals surface area (Å²) in [4.78, 5) is 11.3. The largest absolute Gasteiger partial charge is 0.392 e. The summed E-state index contributed by atoms with van der Waals surface area (Å²) >= 11 is 0. The molecule has 1 aromatic rings. The molecule has 0 unspecified atom stereocenters. The van der Waals surface area contributed by atoms with Crippen LogP contribution in [0.1, 0.15) is 25.8 Å². The zero-order valence-electron chi connectivity index (χ0n) is 9.23. The molecule has 0 radical (unpaired) electrons. The maximum Gasteiger partial charge on any atom is 0.221 e. The fourth-order valence-electron chi connectivity index (χ4n) is 1.35. The molecule has 0 bridgehead atoms. The summed E-state index contributed by atoms with van der Waals surface area (Å²) in [5, 5.41) is 11.7. The van der Waals surface area contributed by atoms with E-state index in [4.69, 9.17) is 5.11 Å². The molecule has 1 rings (SSSR count). The first-order valence-corrected chi connectivity index (χ1v) is 5.16. The molecule has 0 aliphatic carbocycles. The Bertz CT molecular complexity index is 318. The molecule has 0 saturated heterocycles. The van der Waals surface area contributed by atoms with Gasteiger partial charge in [-0.25, -0.2) is 0 Å². The van der Waals surface area contributed by atoms with Gasteiger partial charge in [-0.2, -0.15) is 0 Å². The highest BCUT2D eigenvalue weighted by molar-refractivity contribution is 5.76. The number of aryl methyl sites for hydroxylation is 1. The predicted octanol–water partition coefficient (Wildman–Crippen LogP) is 0.895. The number of aliphatic hydroxyl groups is 1. The van der Waals surface area contributed by atoms with Crippen LogP contribution in [0.4, 0.5) is 0 Å². The van der Waals surface area contributed by atoms with Gasteiger partial charge < -0.3 is 15.0 Å². The number of hydrogen-bond acceptors (Lipinski definition) is 2. The highest BCUT2D eigenvalue weighted by atomic mass is 16.3. The molecule has 0 spiro atoms. The van der Waals surface area contributed by atoms with Crippen molar-refractivity contribution < 1.29 is 9.90 Å². The minimum absolute atomic E-state index is 0.0468. The second kappa shape index (κ2) is 5.56. The van der Waals surface area contributed by atoms with Crippen molar-refractivity contribution in [3.8, 4) is 0 Å². The molecule has 15 heavy (non-hydrogen) atoms. The fraction of sp³-hybridized carbons (Fsp3) is 0.545. The van der Waals surface area contributed by atoms with E-state index in [-0.39, 0.29) is 18.6 Å². The van der Waals surface area contributed by atoms with E-state index in [9.17, 15) is 4.79 Å². The van der Waals surface area contributed by atoms with Crippen molar-refractivity contribution in [1.29, 1.82) is 0 Å². The molecule has 0 aromatic carbocycles. The van der Waals surface area contributed by atoms with Crippen LogP contribution in [-0.2, 0) is 17.9 Å². The van der Waals surface area contributed by atoms with Gasteiger partial charge in [-0.1, -0.05) is 0 Å². The molecule has 0 aliphatic heterocycles. The number of amides is 1. The SMILES string of the molecule is CC(C)NC(=O)CCn1ccc(CO)c1. The number of aromatic nitrogens is 1. The highest BCUT2D eigenvalue weighted by Gasteiger charge is 2.03. The van der Waals surface area contributed by atoms with E-state index in [1.54, 1.807) is 0 Å². The van der Waals surface area contributed by atoms with Crippen LogP contribution >= 0.6 is 0 Å². The molecular formula is C11H18N2O2. The smallest absolute Gasteiger partial charge is 0.221 e. The van der Waals surface area contributed by atoms with Crippen LogP contribution in [0.5, 0.6) is 0 Å². The number of rotatable bonds is 5. The molecular weight excluding hydrogens is 192 g/mol. The Morgan fingerprint density at radius 2 is 2.33 bits per heavy atom. The molecule has 1 amide bonds. The topological polar surface area (TPSA) is 54.3 Å². The molecule has 1 heterocycles. The molecule has 4 heteroatoms. The Hall–Kier alpha value is -1.29. The summed E-state index contributed by atoms with van der Waals surface area (Å²) in [6.45, 7) is 4.58. The van der Waals surface area contributed by atoms with Crippen LogP contribution in [0.15, 0.2) is 18.5 Å². The third-order valence-corrected chi connectivity index (χ3v) is 2.04. The van der Waals surface area contributed by atoms with Gasteiger partial charge in [-0.3, -0.25) is 4.79 Å². The minimum atomic E-state index is 0.0468. The van der Waals surface area contributed by atoms with Gasteiger partial charge in [0.25, 0.3) is 0 Å². The normalized spacial score (nSPS) is 10.7. The molecule has 4 nitrogen and oxygen atoms in total. The number of hydrogen-bond donors (Lipinski definition) is 2. The quantitative estimate of drug-likeness (QED) is 0.758. The first kappa shape index (κ1) is 11.8. The van der Waals surface area contributed by atoms with Crippen molar-refractivity contribution in [3.63, 3.8) is 0 Å². The van der Waals surface area contributed by atoms with Crippen molar-refractivity contribution in [2.75, 3.05) is 0 Å². The molecule has 0 fully saturated rings. The highest BCUT2D eigenvalue weighted by Crippen LogP contribution is 2.01. The molecule has 84 valence electrons. The number of nitrogens with one attached hydrogen (secondary N) is 1. The van der Waals surface area contributed by atoms with E-state index in [0.717, 1.165) is 5.56 Å². The summed E-state index contributed by atoms with van der Waals surface area (Å²) in [6, 6.07) is 2.04. The number of carbonyl (C=O) groups is 1. The number of carbonyl (C=O) groups excluding carboxylic acids is 1. The Balaban J connectivity index is 2.33. The third kappa shape index (κ3) is 4.16. The third-order valence-electron chi connectivity index (χ3n) is 2.04. The monoisotopic (exact) mass is 210 g/mol. The van der Waals surface area contributed by atoms with Crippen molar-refractivity contribution in [2.45, 2.75) is 39.5 Å². The molecule has 0 saturated carbocycles. The van der Waals surface area contributed by atoms with Crippen molar-refractivity contribution >= 4 is 5.91 Å². The van der Waals surface area contributed by atoms with Gasteiger partial charge in [0.2, 0.25) is 5.91 Å². The number of nitrogens with zero attached hydrogens (tertiary/aromatic N) is 1.